The van der Waals surface area contributed by atoms with E-state index in [2.05, 4.69) is 44.3 Å². The van der Waals surface area contributed by atoms with Crippen LogP contribution < -0.4 is 9.80 Å². The minimum atomic E-state index is 0.0561. The number of hydrogen-bond donors (Lipinski definition) is 0. The Labute approximate surface area is 174 Å². The summed E-state index contributed by atoms with van der Waals surface area (Å²) in [7, 11) is 0. The van der Waals surface area contributed by atoms with E-state index in [4.69, 9.17) is 0 Å². The Morgan fingerprint density at radius 3 is 2.28 bits per heavy atom. The van der Waals surface area contributed by atoms with Crippen molar-refractivity contribution in [3.8, 4) is 5.13 Å². The molecule has 1 aromatic carbocycles. The summed E-state index contributed by atoms with van der Waals surface area (Å²) in [6.07, 6.45) is 4.32. The molecule has 0 bridgehead atoms. The van der Waals surface area contributed by atoms with Crippen LogP contribution in [0.25, 0.3) is 5.13 Å². The highest BCUT2D eigenvalue weighted by Crippen LogP contribution is 2.27. The van der Waals surface area contributed by atoms with Crippen LogP contribution in [0.1, 0.15) is 23.3 Å². The molecule has 3 aromatic rings. The molecule has 0 unspecified atom stereocenters. The maximum Gasteiger partial charge on any atom is 0.271 e. The molecule has 2 aromatic heterocycles. The van der Waals surface area contributed by atoms with E-state index < -0.39 is 0 Å². The summed E-state index contributed by atoms with van der Waals surface area (Å²) in [5.41, 5.74) is 1.87. The second-order valence-corrected chi connectivity index (χ2v) is 8.37. The standard InChI is InChI=1S/C21H24N6OS/c28-19(25-15-13-24(14-16-25)17-7-2-1-3-8-17)18-9-6-12-27(18)21-23-22-20(29-21)26-10-4-5-11-26/h1-3,6-9,12H,4-5,10-11,13-16H2. The molecule has 7 nitrogen and oxygen atoms in total. The fourth-order valence-electron chi connectivity index (χ4n) is 4.03. The number of nitrogens with zero attached hydrogens (tertiary/aromatic N) is 6. The zero-order valence-corrected chi connectivity index (χ0v) is 17.1. The first-order valence-corrected chi connectivity index (χ1v) is 11.0. The topological polar surface area (TPSA) is 57.5 Å². The molecule has 0 saturated carbocycles. The quantitative estimate of drug-likeness (QED) is 0.664. The van der Waals surface area contributed by atoms with E-state index in [1.807, 2.05) is 33.9 Å². The maximum atomic E-state index is 13.2. The van der Waals surface area contributed by atoms with E-state index in [9.17, 15) is 4.79 Å². The minimum absolute atomic E-state index is 0.0561. The fourth-order valence-corrected chi connectivity index (χ4v) is 4.93. The largest absolute Gasteiger partial charge is 0.368 e. The van der Waals surface area contributed by atoms with E-state index in [1.54, 1.807) is 11.3 Å². The monoisotopic (exact) mass is 408 g/mol. The van der Waals surface area contributed by atoms with Crippen LogP contribution in [0, 0.1) is 0 Å². The van der Waals surface area contributed by atoms with Crippen molar-refractivity contribution in [3.63, 3.8) is 0 Å². The van der Waals surface area contributed by atoms with Crippen molar-refractivity contribution < 1.29 is 4.79 Å². The first-order chi connectivity index (χ1) is 14.3. The number of para-hydroxylation sites is 1. The number of anilines is 2. The predicted octanol–water partition coefficient (Wildman–Crippen LogP) is 2.89. The third kappa shape index (κ3) is 3.60. The van der Waals surface area contributed by atoms with Gasteiger partial charge in [0.15, 0.2) is 0 Å². The second kappa shape index (κ2) is 7.87. The summed E-state index contributed by atoms with van der Waals surface area (Å²) in [6, 6.07) is 14.2. The Morgan fingerprint density at radius 1 is 0.793 bits per heavy atom. The van der Waals surface area contributed by atoms with E-state index in [-0.39, 0.29) is 5.91 Å². The Kier molecular flexibility index (Phi) is 4.93. The van der Waals surface area contributed by atoms with Gasteiger partial charge in [0.2, 0.25) is 10.3 Å². The van der Waals surface area contributed by atoms with E-state index in [1.165, 1.54) is 18.5 Å². The van der Waals surface area contributed by atoms with Crippen LogP contribution in [0.2, 0.25) is 0 Å². The minimum Gasteiger partial charge on any atom is -0.368 e. The van der Waals surface area contributed by atoms with Crippen molar-refractivity contribution in [2.75, 3.05) is 49.1 Å². The summed E-state index contributed by atoms with van der Waals surface area (Å²) in [5, 5.41) is 10.4. The zero-order valence-electron chi connectivity index (χ0n) is 16.3. The average molecular weight is 409 g/mol. The van der Waals surface area contributed by atoms with Crippen LogP contribution in [-0.4, -0.2) is 64.8 Å². The van der Waals surface area contributed by atoms with E-state index >= 15 is 0 Å². The normalized spacial score (nSPS) is 17.2. The summed E-state index contributed by atoms with van der Waals surface area (Å²) < 4.78 is 1.88. The number of piperazine rings is 1. The van der Waals surface area contributed by atoms with E-state index in [0.717, 1.165) is 36.4 Å². The zero-order chi connectivity index (χ0) is 19.6. The van der Waals surface area contributed by atoms with Gasteiger partial charge in [-0.1, -0.05) is 29.5 Å². The van der Waals surface area contributed by atoms with E-state index in [0.29, 0.717) is 18.8 Å². The summed E-state index contributed by atoms with van der Waals surface area (Å²) in [4.78, 5) is 19.7. The number of carbonyl (C=O) groups is 1. The van der Waals surface area contributed by atoms with Gasteiger partial charge in [-0.2, -0.15) is 0 Å². The lowest BCUT2D eigenvalue weighted by molar-refractivity contribution is 0.0739. The van der Waals surface area contributed by atoms with Gasteiger partial charge in [0.05, 0.1) is 0 Å². The highest BCUT2D eigenvalue weighted by molar-refractivity contribution is 7.17. The highest BCUT2D eigenvalue weighted by atomic mass is 32.1. The molecule has 0 aliphatic carbocycles. The van der Waals surface area contributed by atoms with Gasteiger partial charge in [-0.05, 0) is 37.1 Å². The molecular weight excluding hydrogens is 384 g/mol. The predicted molar refractivity (Wildman–Crippen MR) is 115 cm³/mol. The molecule has 0 radical (unpaired) electrons. The molecule has 2 fully saturated rings. The average Bonchev–Trinajstić information content (AvgIpc) is 3.54. The number of carbonyl (C=O) groups excluding carboxylic acids is 1. The molecule has 29 heavy (non-hydrogen) atoms. The summed E-state index contributed by atoms with van der Waals surface area (Å²) >= 11 is 1.55. The summed E-state index contributed by atoms with van der Waals surface area (Å²) in [6.45, 7) is 5.19. The second-order valence-electron chi connectivity index (χ2n) is 7.44. The lowest BCUT2D eigenvalue weighted by Crippen LogP contribution is -2.49. The van der Waals surface area contributed by atoms with Crippen molar-refractivity contribution in [1.29, 1.82) is 0 Å². The molecule has 0 N–H and O–H groups in total. The Hall–Kier alpha value is -2.87. The first kappa shape index (κ1) is 18.2. The van der Waals surface area contributed by atoms with Gasteiger partial charge in [-0.25, -0.2) is 0 Å². The molecule has 5 rings (SSSR count). The molecule has 4 heterocycles. The van der Waals surface area contributed by atoms with Gasteiger partial charge in [0.25, 0.3) is 5.91 Å². The molecule has 0 atom stereocenters. The van der Waals surface area contributed by atoms with Crippen LogP contribution in [0.5, 0.6) is 0 Å². The van der Waals surface area contributed by atoms with Gasteiger partial charge in [-0.15, -0.1) is 10.2 Å². The van der Waals surface area contributed by atoms with Crippen LogP contribution in [0.3, 0.4) is 0 Å². The molecule has 2 aliphatic heterocycles. The van der Waals surface area contributed by atoms with Crippen LogP contribution in [0.15, 0.2) is 48.7 Å². The number of hydrogen-bond acceptors (Lipinski definition) is 6. The van der Waals surface area contributed by atoms with Crippen molar-refractivity contribution in [3.05, 3.63) is 54.4 Å². The molecule has 0 spiro atoms. The van der Waals surface area contributed by atoms with Crippen LogP contribution >= 0.6 is 11.3 Å². The number of benzene rings is 1. The number of aromatic nitrogens is 3. The highest BCUT2D eigenvalue weighted by Gasteiger charge is 2.25. The van der Waals surface area contributed by atoms with Gasteiger partial charge in [-0.3, -0.25) is 9.36 Å². The van der Waals surface area contributed by atoms with Crippen molar-refractivity contribution in [2.24, 2.45) is 0 Å². The van der Waals surface area contributed by atoms with Crippen molar-refractivity contribution in [1.82, 2.24) is 19.7 Å². The van der Waals surface area contributed by atoms with Gasteiger partial charge >= 0.3 is 0 Å². The van der Waals surface area contributed by atoms with Crippen LogP contribution in [-0.2, 0) is 0 Å². The molecule has 2 saturated heterocycles. The van der Waals surface area contributed by atoms with Gasteiger partial charge in [0.1, 0.15) is 5.69 Å². The van der Waals surface area contributed by atoms with Crippen LogP contribution in [0.4, 0.5) is 10.8 Å². The lowest BCUT2D eigenvalue weighted by atomic mass is 10.2. The Morgan fingerprint density at radius 2 is 1.52 bits per heavy atom. The van der Waals surface area contributed by atoms with Crippen molar-refractivity contribution in [2.45, 2.75) is 12.8 Å². The molecule has 8 heteroatoms. The molecular formula is C21H24N6OS. The number of rotatable bonds is 4. The number of amides is 1. The van der Waals surface area contributed by atoms with Gasteiger partial charge < -0.3 is 14.7 Å². The SMILES string of the molecule is O=C(c1cccn1-c1nnc(N2CCCC2)s1)N1CCN(c2ccccc2)CC1. The third-order valence-corrected chi connectivity index (χ3v) is 6.63. The summed E-state index contributed by atoms with van der Waals surface area (Å²) in [5.74, 6) is 0.0561. The Bertz CT molecular complexity index is 970. The Balaban J connectivity index is 1.29. The van der Waals surface area contributed by atoms with Crippen molar-refractivity contribution >= 4 is 28.1 Å². The smallest absolute Gasteiger partial charge is 0.271 e. The molecule has 1 amide bonds. The molecule has 150 valence electrons. The maximum absolute atomic E-state index is 13.2. The first-order valence-electron chi connectivity index (χ1n) is 10.1. The van der Waals surface area contributed by atoms with Gasteiger partial charge in [0, 0.05) is 51.2 Å². The third-order valence-electron chi connectivity index (χ3n) is 5.64. The lowest BCUT2D eigenvalue weighted by Gasteiger charge is -2.36. The fraction of sp³-hybridized carbons (Fsp3) is 0.381. The molecule has 2 aliphatic rings.